The third-order valence-electron chi connectivity index (χ3n) is 9.51. The van der Waals surface area contributed by atoms with Gasteiger partial charge in [-0.1, -0.05) is 54.1 Å². The van der Waals surface area contributed by atoms with E-state index in [1.807, 2.05) is 43.3 Å². The minimum Gasteiger partial charge on any atom is -0.480 e. The van der Waals surface area contributed by atoms with Gasteiger partial charge in [-0.05, 0) is 77.1 Å². The van der Waals surface area contributed by atoms with Gasteiger partial charge >= 0.3 is 18.0 Å². The van der Waals surface area contributed by atoms with E-state index in [0.29, 0.717) is 37.0 Å². The maximum Gasteiger partial charge on any atom is 0.407 e. The lowest BCUT2D eigenvalue weighted by Crippen LogP contribution is -2.41. The molecule has 3 heterocycles. The molecule has 0 radical (unpaired) electrons. The van der Waals surface area contributed by atoms with Crippen molar-refractivity contribution in [2.75, 3.05) is 18.0 Å². The fraction of sp³-hybridized carbons (Fsp3) is 0.381. The van der Waals surface area contributed by atoms with Crippen molar-refractivity contribution in [3.63, 3.8) is 0 Å². The maximum atomic E-state index is 14.5. The Balaban J connectivity index is 1.17. The number of aliphatic carboxylic acids is 1. The van der Waals surface area contributed by atoms with Gasteiger partial charge in [0.1, 0.15) is 18.2 Å². The van der Waals surface area contributed by atoms with Gasteiger partial charge in [0.25, 0.3) is 11.5 Å². The molecular weight excluding hydrogens is 732 g/mol. The molecule has 2 atom stereocenters. The fourth-order valence-electron chi connectivity index (χ4n) is 6.97. The summed E-state index contributed by atoms with van der Waals surface area (Å²) in [5, 5.41) is 15.0. The Morgan fingerprint density at radius 1 is 0.982 bits per heavy atom. The van der Waals surface area contributed by atoms with Crippen molar-refractivity contribution in [2.45, 2.75) is 90.6 Å². The number of hydrogen-bond donors (Lipinski definition) is 3. The number of anilines is 1. The summed E-state index contributed by atoms with van der Waals surface area (Å²) < 4.78 is 11.9. The first-order valence-electron chi connectivity index (χ1n) is 18.9. The van der Waals surface area contributed by atoms with Gasteiger partial charge in [0.05, 0.1) is 28.7 Å². The molecular formula is C42H46N6O9. The summed E-state index contributed by atoms with van der Waals surface area (Å²) in [5.41, 5.74) is 3.98. The molecule has 2 aliphatic heterocycles. The number of esters is 1. The van der Waals surface area contributed by atoms with Crippen LogP contribution < -0.4 is 21.1 Å². The van der Waals surface area contributed by atoms with Crippen molar-refractivity contribution in [1.82, 2.24) is 20.2 Å². The van der Waals surface area contributed by atoms with Gasteiger partial charge in [-0.3, -0.25) is 23.7 Å². The lowest BCUT2D eigenvalue weighted by molar-refractivity contribution is -0.146. The lowest BCUT2D eigenvalue weighted by Gasteiger charge is -2.23. The number of amides is 3. The average Bonchev–Trinajstić information content (AvgIpc) is 3.54. The molecule has 4 aromatic rings. The van der Waals surface area contributed by atoms with E-state index in [-0.39, 0.29) is 37.0 Å². The molecule has 0 fully saturated rings. The number of carbonyl (C=O) groups is 5. The van der Waals surface area contributed by atoms with Gasteiger partial charge in [-0.15, -0.1) is 0 Å². The zero-order valence-electron chi connectivity index (χ0n) is 32.4. The second-order valence-electron chi connectivity index (χ2n) is 15.0. The molecule has 57 heavy (non-hydrogen) atoms. The zero-order chi connectivity index (χ0) is 40.9. The van der Waals surface area contributed by atoms with Crippen molar-refractivity contribution in [1.29, 1.82) is 0 Å². The molecule has 0 spiro atoms. The molecule has 0 aliphatic carbocycles. The van der Waals surface area contributed by atoms with Gasteiger partial charge in [-0.2, -0.15) is 0 Å². The van der Waals surface area contributed by atoms with Crippen LogP contribution in [0.15, 0.2) is 76.5 Å². The number of benzene rings is 3. The summed E-state index contributed by atoms with van der Waals surface area (Å²) >= 11 is 0. The highest BCUT2D eigenvalue weighted by atomic mass is 16.6. The van der Waals surface area contributed by atoms with Gasteiger partial charge in [0.2, 0.25) is 12.1 Å². The van der Waals surface area contributed by atoms with Crippen LogP contribution in [0.2, 0.25) is 0 Å². The molecule has 2 aliphatic rings. The van der Waals surface area contributed by atoms with E-state index < -0.39 is 59.8 Å². The number of hydrogen-bond acceptors (Lipinski definition) is 10. The van der Waals surface area contributed by atoms with Crippen LogP contribution >= 0.6 is 0 Å². The number of carbonyl (C=O) groups excluding carboxylic acids is 4. The summed E-state index contributed by atoms with van der Waals surface area (Å²) in [6, 6.07) is 18.9. The van der Waals surface area contributed by atoms with Crippen LogP contribution in [0.25, 0.3) is 10.9 Å². The molecule has 3 amide bonds. The molecule has 2 unspecified atom stereocenters. The maximum absolute atomic E-state index is 14.5. The van der Waals surface area contributed by atoms with Gasteiger partial charge in [0, 0.05) is 30.6 Å². The predicted molar refractivity (Wildman–Crippen MR) is 211 cm³/mol. The molecule has 0 saturated heterocycles. The Labute approximate surface area is 329 Å². The van der Waals surface area contributed by atoms with E-state index in [1.165, 1.54) is 4.57 Å². The zero-order valence-corrected chi connectivity index (χ0v) is 32.4. The molecule has 3 aromatic carbocycles. The van der Waals surface area contributed by atoms with Crippen molar-refractivity contribution >= 4 is 52.1 Å². The lowest BCUT2D eigenvalue weighted by atomic mass is 9.96. The molecule has 1 aromatic heterocycles. The number of aryl methyl sites for hydroxylation is 1. The van der Waals surface area contributed by atoms with E-state index in [0.717, 1.165) is 27.9 Å². The predicted octanol–water partition coefficient (Wildman–Crippen LogP) is 4.73. The molecule has 3 N–H and O–H groups in total. The second-order valence-corrected chi connectivity index (χ2v) is 15.0. The quantitative estimate of drug-likeness (QED) is 0.119. The highest BCUT2D eigenvalue weighted by Crippen LogP contribution is 2.39. The Kier molecular flexibility index (Phi) is 12.1. The number of carboxylic acids is 1. The monoisotopic (exact) mass is 778 g/mol. The third-order valence-corrected chi connectivity index (χ3v) is 9.51. The summed E-state index contributed by atoms with van der Waals surface area (Å²) in [7, 11) is 0. The minimum atomic E-state index is -1.39. The smallest absolute Gasteiger partial charge is 0.407 e. The van der Waals surface area contributed by atoms with Gasteiger partial charge < -0.3 is 30.1 Å². The molecule has 298 valence electrons. The first-order chi connectivity index (χ1) is 27.2. The third kappa shape index (κ3) is 9.54. The molecule has 15 nitrogen and oxygen atoms in total. The standard InChI is InChI=1S/C42H46N6O9/c1-25-22-27-19-21-47-36(27)29(23-25)35(26-12-6-5-7-13-26)46-37(39(47)52)48-32(44-30-15-9-8-14-28(30)38(48)51)24-56-34(50)18-17-33(49)45-31(40(53)54)16-10-11-20-43-41(55)57-42(2,3)4/h5-9,12-15,22-23,31,37H,10-11,16-21,24H2,1-4H3,(H,43,55)(H,45,49)(H,53,54). The van der Waals surface area contributed by atoms with E-state index >= 15 is 0 Å². The number of nitrogens with zero attached hydrogens (tertiary/aromatic N) is 4. The largest absolute Gasteiger partial charge is 0.480 e. The van der Waals surface area contributed by atoms with E-state index in [4.69, 9.17) is 14.5 Å². The van der Waals surface area contributed by atoms with Gasteiger partial charge in [-0.25, -0.2) is 19.6 Å². The number of unbranched alkanes of at least 4 members (excludes halogenated alkanes) is 1. The Hall–Kier alpha value is -6.38. The SMILES string of the molecule is Cc1cc2c3c(c1)C(c1ccccc1)=NC(n1c(COC(=O)CCC(=O)NC(CCCCNC(=O)OC(C)(C)C)C(=O)O)nc4ccccc4c1=O)C(=O)N3CC2. The van der Waals surface area contributed by atoms with Crippen LogP contribution in [0.4, 0.5) is 10.5 Å². The van der Waals surface area contributed by atoms with Crippen molar-refractivity contribution in [3.05, 3.63) is 105 Å². The minimum absolute atomic E-state index is 0.0142. The molecule has 0 saturated carbocycles. The van der Waals surface area contributed by atoms with Crippen LogP contribution in [0.1, 0.15) is 87.1 Å². The fourth-order valence-corrected chi connectivity index (χ4v) is 6.97. The number of carboxylic acid groups (broad SMARTS) is 1. The molecule has 15 heteroatoms. The highest BCUT2D eigenvalue weighted by molar-refractivity contribution is 6.20. The van der Waals surface area contributed by atoms with Crippen molar-refractivity contribution in [2.24, 2.45) is 4.99 Å². The van der Waals surface area contributed by atoms with Crippen molar-refractivity contribution in [3.8, 4) is 0 Å². The second kappa shape index (κ2) is 17.2. The number of nitrogens with one attached hydrogen (secondary N) is 2. The van der Waals surface area contributed by atoms with Crippen LogP contribution in [-0.4, -0.2) is 74.9 Å². The number of aliphatic imine (C=N–C) groups is 1. The number of aromatic nitrogens is 2. The van der Waals surface area contributed by atoms with E-state index in [9.17, 15) is 33.9 Å². The van der Waals surface area contributed by atoms with E-state index in [1.54, 1.807) is 49.9 Å². The van der Waals surface area contributed by atoms with Crippen LogP contribution in [0.3, 0.4) is 0 Å². The number of ether oxygens (including phenoxy) is 2. The summed E-state index contributed by atoms with van der Waals surface area (Å²) in [6.45, 7) is 7.37. The number of fused-ring (bicyclic) bond motifs is 1. The van der Waals surface area contributed by atoms with Gasteiger partial charge in [0.15, 0.2) is 5.82 Å². The summed E-state index contributed by atoms with van der Waals surface area (Å²) in [6.07, 6.45) is -1.13. The summed E-state index contributed by atoms with van der Waals surface area (Å²) in [5.74, 6) is -3.15. The Bertz CT molecular complexity index is 2300. The first-order valence-corrected chi connectivity index (χ1v) is 18.9. The average molecular weight is 779 g/mol. The van der Waals surface area contributed by atoms with Crippen LogP contribution in [0.5, 0.6) is 0 Å². The Morgan fingerprint density at radius 2 is 1.72 bits per heavy atom. The highest BCUT2D eigenvalue weighted by Gasteiger charge is 2.39. The number of para-hydroxylation sites is 1. The number of alkyl carbamates (subject to hydrolysis) is 1. The van der Waals surface area contributed by atoms with Crippen molar-refractivity contribution < 1.29 is 38.6 Å². The molecule has 0 bridgehead atoms. The summed E-state index contributed by atoms with van der Waals surface area (Å²) in [4.78, 5) is 89.6. The first kappa shape index (κ1) is 40.3. The van der Waals surface area contributed by atoms with Crippen LogP contribution in [-0.2, 0) is 41.7 Å². The Morgan fingerprint density at radius 3 is 2.46 bits per heavy atom. The van der Waals surface area contributed by atoms with E-state index in [2.05, 4.69) is 21.7 Å². The normalized spacial score (nSPS) is 15.3. The topological polar surface area (TPSA) is 199 Å². The number of rotatable bonds is 14. The van der Waals surface area contributed by atoms with Crippen LogP contribution in [0, 0.1) is 6.92 Å². The molecule has 6 rings (SSSR count).